The average molecular weight is 328 g/mol. The largest absolute Gasteiger partial charge is 0.456 e. The summed E-state index contributed by atoms with van der Waals surface area (Å²) in [4.78, 5) is 19.1. The van der Waals surface area contributed by atoms with E-state index in [0.717, 1.165) is 32.0 Å². The van der Waals surface area contributed by atoms with Crippen LogP contribution < -0.4 is 10.2 Å². The molecule has 2 heterocycles. The number of rotatable bonds is 4. The van der Waals surface area contributed by atoms with Crippen LogP contribution in [0.25, 0.3) is 0 Å². The number of nitrogens with one attached hydrogen (secondary N) is 1. The van der Waals surface area contributed by atoms with Gasteiger partial charge in [-0.1, -0.05) is 13.8 Å². The van der Waals surface area contributed by atoms with Gasteiger partial charge in [0.05, 0.1) is 0 Å². The van der Waals surface area contributed by atoms with Gasteiger partial charge in [0, 0.05) is 32.4 Å². The van der Waals surface area contributed by atoms with E-state index in [9.17, 15) is 4.79 Å². The van der Waals surface area contributed by atoms with Crippen molar-refractivity contribution in [2.24, 2.45) is 5.92 Å². The number of anilines is 1. The van der Waals surface area contributed by atoms with E-state index in [4.69, 9.17) is 4.74 Å². The smallest absolute Gasteiger partial charge is 0.342 e. The van der Waals surface area contributed by atoms with E-state index in [2.05, 4.69) is 15.2 Å². The van der Waals surface area contributed by atoms with Crippen LogP contribution in [0.1, 0.15) is 38.1 Å². The number of ether oxygens (including phenoxy) is 1. The van der Waals surface area contributed by atoms with E-state index in [1.807, 2.05) is 27.7 Å². The molecule has 1 aliphatic heterocycles. The first-order valence-corrected chi connectivity index (χ1v) is 7.56. The maximum Gasteiger partial charge on any atom is 0.342 e. The van der Waals surface area contributed by atoms with Gasteiger partial charge in [0.2, 0.25) is 0 Å². The van der Waals surface area contributed by atoms with E-state index >= 15 is 0 Å². The van der Waals surface area contributed by atoms with Gasteiger partial charge >= 0.3 is 5.97 Å². The highest BCUT2D eigenvalue weighted by atomic mass is 35.5. The summed E-state index contributed by atoms with van der Waals surface area (Å²) in [5.74, 6) is 0.680. The number of hydrogen-bond donors (Lipinski definition) is 1. The van der Waals surface area contributed by atoms with Crippen molar-refractivity contribution < 1.29 is 9.53 Å². The van der Waals surface area contributed by atoms with Gasteiger partial charge < -0.3 is 15.0 Å². The second kappa shape index (κ2) is 7.79. The molecule has 124 valence electrons. The number of carbonyl (C=O) groups excluding carboxylic acids is 1. The summed E-state index contributed by atoms with van der Waals surface area (Å²) in [6.45, 7) is 11.5. The normalized spacial score (nSPS) is 15.4. The molecule has 1 aromatic heterocycles. The molecule has 0 atom stereocenters. The second-order valence-corrected chi connectivity index (χ2v) is 6.26. The summed E-state index contributed by atoms with van der Waals surface area (Å²) in [5, 5.41) is 3.30. The standard InChI is InChI=1S/C16H25N3O2.ClH/c1-12(2)16(3,4)21-15(20)13-6-5-7-18-14(13)19-10-8-17-9-11-19;/h5-7,12,17H,8-11H2,1-4H3;1H. The Morgan fingerprint density at radius 1 is 1.36 bits per heavy atom. The maximum absolute atomic E-state index is 12.5. The molecule has 1 aromatic rings. The number of aromatic nitrogens is 1. The van der Waals surface area contributed by atoms with E-state index in [-0.39, 0.29) is 24.3 Å². The van der Waals surface area contributed by atoms with Crippen LogP contribution in [0.5, 0.6) is 0 Å². The minimum Gasteiger partial charge on any atom is -0.456 e. The van der Waals surface area contributed by atoms with Crippen LogP contribution in [0.2, 0.25) is 0 Å². The molecule has 0 radical (unpaired) electrons. The molecule has 1 N–H and O–H groups in total. The first-order valence-electron chi connectivity index (χ1n) is 7.56. The molecule has 1 saturated heterocycles. The summed E-state index contributed by atoms with van der Waals surface area (Å²) in [6.07, 6.45) is 1.72. The molecule has 2 rings (SSSR count). The van der Waals surface area contributed by atoms with Gasteiger partial charge in [0.15, 0.2) is 0 Å². The van der Waals surface area contributed by atoms with E-state index < -0.39 is 5.60 Å². The molecule has 0 unspecified atom stereocenters. The molecule has 1 aliphatic rings. The zero-order chi connectivity index (χ0) is 15.5. The van der Waals surface area contributed by atoms with Crippen molar-refractivity contribution in [2.45, 2.75) is 33.3 Å². The van der Waals surface area contributed by atoms with E-state index in [1.165, 1.54) is 0 Å². The van der Waals surface area contributed by atoms with Crippen LogP contribution in [0.4, 0.5) is 5.82 Å². The number of halogens is 1. The molecule has 6 heteroatoms. The summed E-state index contributed by atoms with van der Waals surface area (Å²) in [5.41, 5.74) is 0.0568. The molecular weight excluding hydrogens is 302 g/mol. The van der Waals surface area contributed by atoms with Gasteiger partial charge in [-0.3, -0.25) is 0 Å². The lowest BCUT2D eigenvalue weighted by Gasteiger charge is -2.32. The molecule has 0 spiro atoms. The van der Waals surface area contributed by atoms with Crippen molar-refractivity contribution >= 4 is 24.2 Å². The number of esters is 1. The lowest BCUT2D eigenvalue weighted by molar-refractivity contribution is -0.0222. The highest BCUT2D eigenvalue weighted by Gasteiger charge is 2.29. The number of nitrogens with zero attached hydrogens (tertiary/aromatic N) is 2. The number of pyridine rings is 1. The van der Waals surface area contributed by atoms with Crippen LogP contribution in [0, 0.1) is 5.92 Å². The van der Waals surface area contributed by atoms with Crippen LogP contribution in [-0.2, 0) is 4.74 Å². The molecule has 5 nitrogen and oxygen atoms in total. The number of piperazine rings is 1. The van der Waals surface area contributed by atoms with E-state index in [1.54, 1.807) is 18.3 Å². The van der Waals surface area contributed by atoms with Crippen LogP contribution in [-0.4, -0.2) is 42.7 Å². The first kappa shape index (κ1) is 18.7. The van der Waals surface area contributed by atoms with Gasteiger partial charge in [0.25, 0.3) is 0 Å². The summed E-state index contributed by atoms with van der Waals surface area (Å²) in [6, 6.07) is 3.58. The highest BCUT2D eigenvalue weighted by molar-refractivity contribution is 5.95. The Morgan fingerprint density at radius 2 is 2.00 bits per heavy atom. The van der Waals surface area contributed by atoms with Gasteiger partial charge in [-0.2, -0.15) is 0 Å². The van der Waals surface area contributed by atoms with Gasteiger partial charge in [-0.05, 0) is 31.9 Å². The lowest BCUT2D eigenvalue weighted by Crippen LogP contribution is -2.44. The summed E-state index contributed by atoms with van der Waals surface area (Å²) >= 11 is 0. The molecule has 0 saturated carbocycles. The Hall–Kier alpha value is -1.33. The minimum absolute atomic E-state index is 0. The Bertz CT molecular complexity index is 500. The predicted octanol–water partition coefficient (Wildman–Crippen LogP) is 2.50. The SMILES string of the molecule is CC(C)C(C)(C)OC(=O)c1cccnc1N1CCNCC1.Cl. The molecule has 0 amide bonds. The summed E-state index contributed by atoms with van der Waals surface area (Å²) in [7, 11) is 0. The molecule has 22 heavy (non-hydrogen) atoms. The molecular formula is C16H26ClN3O2. The summed E-state index contributed by atoms with van der Waals surface area (Å²) < 4.78 is 5.70. The fourth-order valence-electron chi connectivity index (χ4n) is 2.10. The van der Waals surface area contributed by atoms with Crippen molar-refractivity contribution in [3.05, 3.63) is 23.9 Å². The Balaban J connectivity index is 0.00000242. The van der Waals surface area contributed by atoms with Crippen LogP contribution >= 0.6 is 12.4 Å². The van der Waals surface area contributed by atoms with Gasteiger partial charge in [-0.15, -0.1) is 12.4 Å². The zero-order valence-electron chi connectivity index (χ0n) is 13.8. The average Bonchev–Trinajstić information content (AvgIpc) is 2.47. The van der Waals surface area contributed by atoms with Crippen molar-refractivity contribution in [1.29, 1.82) is 0 Å². The third-order valence-electron chi connectivity index (χ3n) is 4.17. The Labute approximate surface area is 138 Å². The zero-order valence-corrected chi connectivity index (χ0v) is 14.6. The fourth-order valence-corrected chi connectivity index (χ4v) is 2.10. The lowest BCUT2D eigenvalue weighted by atomic mass is 9.94. The van der Waals surface area contributed by atoms with Crippen molar-refractivity contribution in [3.63, 3.8) is 0 Å². The van der Waals surface area contributed by atoms with Crippen molar-refractivity contribution in [1.82, 2.24) is 10.3 Å². The monoisotopic (exact) mass is 327 g/mol. The Morgan fingerprint density at radius 3 is 2.59 bits per heavy atom. The quantitative estimate of drug-likeness (QED) is 0.861. The van der Waals surface area contributed by atoms with Crippen LogP contribution in [0.15, 0.2) is 18.3 Å². The molecule has 0 bridgehead atoms. The fraction of sp³-hybridized carbons (Fsp3) is 0.625. The van der Waals surface area contributed by atoms with Crippen LogP contribution in [0.3, 0.4) is 0 Å². The maximum atomic E-state index is 12.5. The number of carbonyl (C=O) groups is 1. The third kappa shape index (κ3) is 4.34. The molecule has 0 aliphatic carbocycles. The Kier molecular flexibility index (Phi) is 6.63. The second-order valence-electron chi connectivity index (χ2n) is 6.26. The van der Waals surface area contributed by atoms with Gasteiger partial charge in [-0.25, -0.2) is 9.78 Å². The molecule has 1 fully saturated rings. The topological polar surface area (TPSA) is 54.5 Å². The highest BCUT2D eigenvalue weighted by Crippen LogP contribution is 2.25. The third-order valence-corrected chi connectivity index (χ3v) is 4.17. The first-order chi connectivity index (χ1) is 9.92. The molecule has 0 aromatic carbocycles. The van der Waals surface area contributed by atoms with Crippen molar-refractivity contribution in [2.75, 3.05) is 31.1 Å². The van der Waals surface area contributed by atoms with E-state index in [0.29, 0.717) is 5.56 Å². The van der Waals surface area contributed by atoms with Crippen molar-refractivity contribution in [3.8, 4) is 0 Å². The number of hydrogen-bond acceptors (Lipinski definition) is 5. The van der Waals surface area contributed by atoms with Gasteiger partial charge in [0.1, 0.15) is 17.0 Å². The predicted molar refractivity (Wildman–Crippen MR) is 90.9 cm³/mol. The minimum atomic E-state index is -0.492.